The molecule has 3 heterocycles. The van der Waals surface area contributed by atoms with E-state index in [4.69, 9.17) is 9.26 Å². The van der Waals surface area contributed by atoms with Crippen molar-refractivity contribution in [2.24, 2.45) is 5.92 Å². The van der Waals surface area contributed by atoms with E-state index >= 15 is 0 Å². The average Bonchev–Trinajstić information content (AvgIpc) is 3.32. The number of carbonyl (C=O) groups is 1. The first kappa shape index (κ1) is 29.2. The molecule has 216 valence electrons. The van der Waals surface area contributed by atoms with Crippen molar-refractivity contribution in [1.82, 2.24) is 20.1 Å². The highest BCUT2D eigenvalue weighted by atomic mass is 32.2. The summed E-state index contributed by atoms with van der Waals surface area (Å²) in [5, 5.41) is 3.74. The van der Waals surface area contributed by atoms with Gasteiger partial charge in [0, 0.05) is 37.8 Å². The lowest BCUT2D eigenvalue weighted by atomic mass is 9.99. The van der Waals surface area contributed by atoms with Gasteiger partial charge in [-0.3, -0.25) is 0 Å². The van der Waals surface area contributed by atoms with Crippen molar-refractivity contribution < 1.29 is 35.6 Å². The number of hydrogen-bond donors (Lipinski definition) is 0. The molecule has 0 radical (unpaired) electrons. The number of sulfone groups is 1. The maximum absolute atomic E-state index is 13.8. The number of aryl methyl sites for hydroxylation is 1. The van der Waals surface area contributed by atoms with Crippen LogP contribution in [0.15, 0.2) is 33.8 Å². The summed E-state index contributed by atoms with van der Waals surface area (Å²) in [5.41, 5.74) is -1.21. The van der Waals surface area contributed by atoms with Crippen molar-refractivity contribution in [3.05, 3.63) is 41.5 Å². The van der Waals surface area contributed by atoms with Crippen molar-refractivity contribution in [3.8, 4) is 11.5 Å². The van der Waals surface area contributed by atoms with Crippen LogP contribution in [0.25, 0.3) is 11.5 Å². The average molecular weight is 583 g/mol. The highest BCUT2D eigenvalue weighted by molar-refractivity contribution is 7.90. The van der Waals surface area contributed by atoms with Gasteiger partial charge in [0.25, 0.3) is 5.89 Å². The largest absolute Gasteiger partial charge is 0.462 e. The minimum absolute atomic E-state index is 0.0184. The molecule has 1 fully saturated rings. The second kappa shape index (κ2) is 11.0. The lowest BCUT2D eigenvalue weighted by Crippen LogP contribution is -2.56. The van der Waals surface area contributed by atoms with E-state index in [1.807, 2.05) is 18.7 Å². The second-order valence-corrected chi connectivity index (χ2v) is 11.7. The summed E-state index contributed by atoms with van der Waals surface area (Å²) < 4.78 is 76.7. The minimum Gasteiger partial charge on any atom is -0.462 e. The molecule has 1 aliphatic heterocycles. The van der Waals surface area contributed by atoms with Gasteiger partial charge in [0.1, 0.15) is 5.56 Å². The zero-order chi connectivity index (χ0) is 29.4. The Hall–Kier alpha value is -3.75. The van der Waals surface area contributed by atoms with Crippen LogP contribution < -0.4 is 9.80 Å². The number of hydrogen-bond acceptors (Lipinski definition) is 11. The molecule has 1 atom stereocenters. The summed E-state index contributed by atoms with van der Waals surface area (Å²) in [6, 6.07) is 4.54. The van der Waals surface area contributed by atoms with E-state index in [2.05, 4.69) is 20.1 Å². The molecule has 0 bridgehead atoms. The minimum atomic E-state index is -4.89. The maximum Gasteiger partial charge on any atom is 0.434 e. The number of nitrogens with zero attached hydrogens (tertiary/aromatic N) is 6. The molecule has 40 heavy (non-hydrogen) atoms. The molecule has 1 aromatic carbocycles. The molecule has 3 aromatic rings. The summed E-state index contributed by atoms with van der Waals surface area (Å²) in [6.45, 7) is 7.80. The number of benzene rings is 1. The number of aromatic nitrogens is 4. The van der Waals surface area contributed by atoms with E-state index in [-0.39, 0.29) is 47.4 Å². The lowest BCUT2D eigenvalue weighted by molar-refractivity contribution is -0.141. The SMILES string of the molecule is CCOC(=O)c1cnc(N2CCN(c3ccc(-c4nc(C)no4)c(S(C)(=O)=O)c3)C[C@H]2C(C)C)nc1C(F)(F)F. The van der Waals surface area contributed by atoms with Gasteiger partial charge < -0.3 is 19.1 Å². The zero-order valence-electron chi connectivity index (χ0n) is 22.6. The summed E-state index contributed by atoms with van der Waals surface area (Å²) >= 11 is 0. The Labute approximate surface area is 229 Å². The molecule has 1 aliphatic rings. The number of rotatable bonds is 7. The highest BCUT2D eigenvalue weighted by Crippen LogP contribution is 2.35. The third-order valence-corrected chi connectivity index (χ3v) is 7.61. The number of piperazine rings is 1. The number of halogens is 3. The number of ether oxygens (including phenoxy) is 1. The van der Waals surface area contributed by atoms with Crippen LogP contribution in [-0.2, 0) is 20.8 Å². The monoisotopic (exact) mass is 582 g/mol. The van der Waals surface area contributed by atoms with Crippen LogP contribution in [0.3, 0.4) is 0 Å². The fourth-order valence-electron chi connectivity index (χ4n) is 4.55. The smallest absolute Gasteiger partial charge is 0.434 e. The molecule has 0 unspecified atom stereocenters. The van der Waals surface area contributed by atoms with Crippen molar-refractivity contribution in [2.75, 3.05) is 42.3 Å². The van der Waals surface area contributed by atoms with Gasteiger partial charge >= 0.3 is 12.1 Å². The first-order valence-corrected chi connectivity index (χ1v) is 14.4. The summed E-state index contributed by atoms with van der Waals surface area (Å²) in [7, 11) is -3.68. The van der Waals surface area contributed by atoms with Crippen LogP contribution in [0.2, 0.25) is 0 Å². The maximum atomic E-state index is 13.8. The molecule has 0 N–H and O–H groups in total. The zero-order valence-corrected chi connectivity index (χ0v) is 23.4. The van der Waals surface area contributed by atoms with Crippen LogP contribution in [0, 0.1) is 12.8 Å². The Morgan fingerprint density at radius 3 is 2.52 bits per heavy atom. The first-order valence-electron chi connectivity index (χ1n) is 12.5. The molecule has 4 rings (SSSR count). The Kier molecular flexibility index (Phi) is 8.06. The van der Waals surface area contributed by atoms with Gasteiger partial charge in [-0.1, -0.05) is 19.0 Å². The van der Waals surface area contributed by atoms with Gasteiger partial charge in [0.2, 0.25) is 5.95 Å². The molecule has 0 spiro atoms. The summed E-state index contributed by atoms with van der Waals surface area (Å²) in [5.74, 6) is -0.899. The summed E-state index contributed by atoms with van der Waals surface area (Å²) in [4.78, 5) is 27.8. The van der Waals surface area contributed by atoms with Gasteiger partial charge in [-0.15, -0.1) is 0 Å². The van der Waals surface area contributed by atoms with E-state index in [0.717, 1.165) is 12.5 Å². The van der Waals surface area contributed by atoms with Crippen molar-refractivity contribution >= 4 is 27.4 Å². The number of alkyl halides is 3. The fourth-order valence-corrected chi connectivity index (χ4v) is 5.44. The van der Waals surface area contributed by atoms with Gasteiger partial charge in [-0.25, -0.2) is 23.2 Å². The normalized spacial score (nSPS) is 16.5. The van der Waals surface area contributed by atoms with Crippen molar-refractivity contribution in [1.29, 1.82) is 0 Å². The Balaban J connectivity index is 1.67. The van der Waals surface area contributed by atoms with Crippen LogP contribution in [0.4, 0.5) is 24.8 Å². The first-order chi connectivity index (χ1) is 18.7. The lowest BCUT2D eigenvalue weighted by Gasteiger charge is -2.44. The van der Waals surface area contributed by atoms with Gasteiger partial charge in [-0.05, 0) is 38.0 Å². The fraction of sp³-hybridized carbons (Fsp3) is 0.480. The van der Waals surface area contributed by atoms with Gasteiger partial charge in [0.15, 0.2) is 21.4 Å². The number of anilines is 2. The van der Waals surface area contributed by atoms with E-state index in [1.54, 1.807) is 24.0 Å². The van der Waals surface area contributed by atoms with E-state index < -0.39 is 33.2 Å². The Morgan fingerprint density at radius 1 is 1.23 bits per heavy atom. The van der Waals surface area contributed by atoms with E-state index in [1.165, 1.54) is 13.0 Å². The second-order valence-electron chi connectivity index (χ2n) is 9.70. The highest BCUT2D eigenvalue weighted by Gasteiger charge is 2.40. The van der Waals surface area contributed by atoms with Crippen molar-refractivity contribution in [2.45, 2.75) is 44.8 Å². The van der Waals surface area contributed by atoms with Crippen molar-refractivity contribution in [3.63, 3.8) is 0 Å². The molecular formula is C25H29F3N6O5S. The molecule has 2 aromatic heterocycles. The molecule has 1 saturated heterocycles. The quantitative estimate of drug-likeness (QED) is 0.377. The Bertz CT molecular complexity index is 1510. The molecule has 0 aliphatic carbocycles. The van der Waals surface area contributed by atoms with E-state index in [0.29, 0.717) is 24.6 Å². The van der Waals surface area contributed by atoms with Gasteiger partial charge in [0.05, 0.1) is 23.1 Å². The standard InChI is InChI=1S/C25H29F3N6O5S/c1-6-38-23(35)18-12-29-24(31-21(18)25(26,27)28)34-10-9-33(13-19(34)14(2)3)16-7-8-17(20(11-16)40(5,36)37)22-30-15(4)32-39-22/h7-8,11-12,14,19H,6,9-10,13H2,1-5H3/t19-/m0/s1. The predicted molar refractivity (Wildman–Crippen MR) is 139 cm³/mol. The molecule has 11 nitrogen and oxygen atoms in total. The van der Waals surface area contributed by atoms with Crippen LogP contribution >= 0.6 is 0 Å². The number of carbonyl (C=O) groups excluding carboxylic acids is 1. The molecule has 15 heteroatoms. The predicted octanol–water partition coefficient (Wildman–Crippen LogP) is 3.79. The molecule has 0 amide bonds. The van der Waals surface area contributed by atoms with Crippen LogP contribution in [-0.4, -0.2) is 73.0 Å². The molecule has 0 saturated carbocycles. The topological polar surface area (TPSA) is 132 Å². The third-order valence-electron chi connectivity index (χ3n) is 6.47. The van der Waals surface area contributed by atoms with Crippen LogP contribution in [0.5, 0.6) is 0 Å². The molecular weight excluding hydrogens is 553 g/mol. The number of esters is 1. The van der Waals surface area contributed by atoms with Crippen LogP contribution in [0.1, 0.15) is 42.6 Å². The van der Waals surface area contributed by atoms with Gasteiger partial charge in [-0.2, -0.15) is 18.2 Å². The summed E-state index contributed by atoms with van der Waals surface area (Å²) in [6.07, 6.45) is -2.96. The van der Waals surface area contributed by atoms with E-state index in [9.17, 15) is 26.4 Å². The Morgan fingerprint density at radius 2 is 1.95 bits per heavy atom. The third kappa shape index (κ3) is 6.03.